The third-order valence-electron chi connectivity index (χ3n) is 3.06. The molecular weight excluding hydrogens is 280 g/mol. The van der Waals surface area contributed by atoms with E-state index in [0.29, 0.717) is 22.9 Å². The number of aromatic nitrogens is 2. The summed E-state index contributed by atoms with van der Waals surface area (Å²) in [5.74, 6) is 0.946. The smallest absolute Gasteiger partial charge is 0.274 e. The molecule has 6 heteroatoms. The Morgan fingerprint density at radius 2 is 2.09 bits per heavy atom. The summed E-state index contributed by atoms with van der Waals surface area (Å²) in [5, 5.41) is 5.95. The van der Waals surface area contributed by atoms with Crippen LogP contribution in [0.25, 0.3) is 0 Å². The Morgan fingerprint density at radius 1 is 1.27 bits per heavy atom. The van der Waals surface area contributed by atoms with Crippen molar-refractivity contribution < 1.29 is 9.53 Å². The molecule has 0 saturated heterocycles. The predicted molar refractivity (Wildman–Crippen MR) is 86.5 cm³/mol. The molecule has 0 aliphatic rings. The van der Waals surface area contributed by atoms with Gasteiger partial charge in [-0.3, -0.25) is 4.79 Å². The molecule has 1 heterocycles. The average molecular weight is 300 g/mol. The highest BCUT2D eigenvalue weighted by atomic mass is 16.5. The first-order chi connectivity index (χ1) is 10.6. The van der Waals surface area contributed by atoms with Crippen molar-refractivity contribution >= 4 is 17.4 Å². The predicted octanol–water partition coefficient (Wildman–Crippen LogP) is 2.87. The SMILES string of the molecule is CCCNc1cc(C(=O)Nc2cc(C)ccc2OC)ncn1. The van der Waals surface area contributed by atoms with Gasteiger partial charge in [-0.2, -0.15) is 0 Å². The fourth-order valence-corrected chi connectivity index (χ4v) is 1.94. The molecule has 2 N–H and O–H groups in total. The van der Waals surface area contributed by atoms with Crippen molar-refractivity contribution in [2.45, 2.75) is 20.3 Å². The third kappa shape index (κ3) is 3.94. The molecule has 6 nitrogen and oxygen atoms in total. The number of amides is 1. The minimum atomic E-state index is -0.300. The lowest BCUT2D eigenvalue weighted by Gasteiger charge is -2.11. The number of aryl methyl sites for hydroxylation is 1. The molecule has 1 aromatic carbocycles. The van der Waals surface area contributed by atoms with Gasteiger partial charge in [-0.1, -0.05) is 13.0 Å². The number of hydrogen-bond donors (Lipinski definition) is 2. The number of carbonyl (C=O) groups is 1. The lowest BCUT2D eigenvalue weighted by molar-refractivity contribution is 0.102. The van der Waals surface area contributed by atoms with E-state index in [1.54, 1.807) is 13.2 Å². The van der Waals surface area contributed by atoms with Gasteiger partial charge < -0.3 is 15.4 Å². The van der Waals surface area contributed by atoms with E-state index in [1.807, 2.05) is 25.1 Å². The van der Waals surface area contributed by atoms with E-state index in [0.717, 1.165) is 18.5 Å². The Hall–Kier alpha value is -2.63. The van der Waals surface area contributed by atoms with E-state index in [4.69, 9.17) is 4.74 Å². The molecule has 0 aliphatic carbocycles. The molecule has 0 saturated carbocycles. The highest BCUT2D eigenvalue weighted by Gasteiger charge is 2.12. The van der Waals surface area contributed by atoms with Crippen molar-refractivity contribution in [3.8, 4) is 5.75 Å². The number of methoxy groups -OCH3 is 1. The summed E-state index contributed by atoms with van der Waals surface area (Å²) in [6.07, 6.45) is 2.35. The summed E-state index contributed by atoms with van der Waals surface area (Å²) in [4.78, 5) is 20.4. The minimum absolute atomic E-state index is 0.300. The van der Waals surface area contributed by atoms with Gasteiger partial charge in [0.25, 0.3) is 5.91 Å². The number of benzene rings is 1. The molecule has 1 amide bonds. The van der Waals surface area contributed by atoms with Crippen LogP contribution in [0.15, 0.2) is 30.6 Å². The van der Waals surface area contributed by atoms with E-state index in [1.165, 1.54) is 6.33 Å². The summed E-state index contributed by atoms with van der Waals surface area (Å²) in [6.45, 7) is 4.81. The molecule has 0 unspecified atom stereocenters. The first-order valence-corrected chi connectivity index (χ1v) is 7.16. The summed E-state index contributed by atoms with van der Waals surface area (Å²) in [7, 11) is 1.57. The van der Waals surface area contributed by atoms with Crippen LogP contribution < -0.4 is 15.4 Å². The minimum Gasteiger partial charge on any atom is -0.495 e. The van der Waals surface area contributed by atoms with Crippen molar-refractivity contribution in [2.24, 2.45) is 0 Å². The van der Waals surface area contributed by atoms with E-state index in [9.17, 15) is 4.79 Å². The molecule has 2 aromatic rings. The van der Waals surface area contributed by atoms with Crippen LogP contribution in [0.4, 0.5) is 11.5 Å². The summed E-state index contributed by atoms with van der Waals surface area (Å²) in [6, 6.07) is 7.23. The van der Waals surface area contributed by atoms with Gasteiger partial charge in [0.15, 0.2) is 0 Å². The zero-order chi connectivity index (χ0) is 15.9. The van der Waals surface area contributed by atoms with Crippen molar-refractivity contribution in [2.75, 3.05) is 24.3 Å². The normalized spacial score (nSPS) is 10.1. The fourth-order valence-electron chi connectivity index (χ4n) is 1.94. The number of nitrogens with zero attached hydrogens (tertiary/aromatic N) is 2. The zero-order valence-corrected chi connectivity index (χ0v) is 13.0. The molecule has 0 atom stereocenters. The van der Waals surface area contributed by atoms with Crippen LogP contribution in [0.2, 0.25) is 0 Å². The topological polar surface area (TPSA) is 76.1 Å². The van der Waals surface area contributed by atoms with Crippen LogP contribution in [-0.4, -0.2) is 29.5 Å². The Kier molecular flexibility index (Phi) is 5.30. The van der Waals surface area contributed by atoms with Gasteiger partial charge in [-0.25, -0.2) is 9.97 Å². The Balaban J connectivity index is 2.17. The molecule has 0 radical (unpaired) electrons. The lowest BCUT2D eigenvalue weighted by atomic mass is 10.2. The summed E-state index contributed by atoms with van der Waals surface area (Å²) in [5.41, 5.74) is 1.95. The second-order valence-corrected chi connectivity index (χ2v) is 4.87. The third-order valence-corrected chi connectivity index (χ3v) is 3.06. The molecule has 22 heavy (non-hydrogen) atoms. The maximum atomic E-state index is 12.3. The van der Waals surface area contributed by atoms with Crippen LogP contribution in [0.5, 0.6) is 5.75 Å². The van der Waals surface area contributed by atoms with Crippen molar-refractivity contribution in [3.05, 3.63) is 41.9 Å². The van der Waals surface area contributed by atoms with Gasteiger partial charge in [0.05, 0.1) is 12.8 Å². The van der Waals surface area contributed by atoms with E-state index >= 15 is 0 Å². The van der Waals surface area contributed by atoms with Gasteiger partial charge >= 0.3 is 0 Å². The van der Waals surface area contributed by atoms with E-state index in [2.05, 4.69) is 27.5 Å². The van der Waals surface area contributed by atoms with Crippen LogP contribution in [0.3, 0.4) is 0 Å². The average Bonchev–Trinajstić information content (AvgIpc) is 2.53. The highest BCUT2D eigenvalue weighted by molar-refractivity contribution is 6.04. The standard InChI is InChI=1S/C16H20N4O2/c1-4-7-17-15-9-13(18-10-19-15)16(21)20-12-8-11(2)5-6-14(12)22-3/h5-6,8-10H,4,7H2,1-3H3,(H,20,21)(H,17,18,19). The largest absolute Gasteiger partial charge is 0.495 e. The maximum absolute atomic E-state index is 12.3. The molecule has 0 bridgehead atoms. The van der Waals surface area contributed by atoms with E-state index < -0.39 is 0 Å². The highest BCUT2D eigenvalue weighted by Crippen LogP contribution is 2.25. The second-order valence-electron chi connectivity index (χ2n) is 4.87. The van der Waals surface area contributed by atoms with Crippen LogP contribution in [0.1, 0.15) is 29.4 Å². The van der Waals surface area contributed by atoms with Crippen LogP contribution in [0, 0.1) is 6.92 Å². The summed E-state index contributed by atoms with van der Waals surface area (Å²) < 4.78 is 5.25. The Labute approximate surface area is 129 Å². The lowest BCUT2D eigenvalue weighted by Crippen LogP contribution is -2.15. The molecular formula is C16H20N4O2. The van der Waals surface area contributed by atoms with Crippen LogP contribution in [-0.2, 0) is 0 Å². The van der Waals surface area contributed by atoms with Gasteiger partial charge in [0.1, 0.15) is 23.6 Å². The second kappa shape index (κ2) is 7.40. The molecule has 2 rings (SSSR count). The Morgan fingerprint density at radius 3 is 2.82 bits per heavy atom. The van der Waals surface area contributed by atoms with Crippen molar-refractivity contribution in [1.29, 1.82) is 0 Å². The first-order valence-electron chi connectivity index (χ1n) is 7.16. The van der Waals surface area contributed by atoms with Crippen LogP contribution >= 0.6 is 0 Å². The fraction of sp³-hybridized carbons (Fsp3) is 0.312. The molecule has 0 aliphatic heterocycles. The molecule has 0 spiro atoms. The zero-order valence-electron chi connectivity index (χ0n) is 13.0. The van der Waals surface area contributed by atoms with Crippen molar-refractivity contribution in [1.82, 2.24) is 9.97 Å². The quantitative estimate of drug-likeness (QED) is 0.858. The first kappa shape index (κ1) is 15.8. The number of ether oxygens (including phenoxy) is 1. The Bertz CT molecular complexity index is 658. The summed E-state index contributed by atoms with van der Waals surface area (Å²) >= 11 is 0. The number of rotatable bonds is 6. The molecule has 1 aromatic heterocycles. The number of carbonyl (C=O) groups excluding carboxylic acids is 1. The van der Waals surface area contributed by atoms with Gasteiger partial charge in [0, 0.05) is 12.6 Å². The van der Waals surface area contributed by atoms with Crippen molar-refractivity contribution in [3.63, 3.8) is 0 Å². The number of anilines is 2. The molecule has 0 fully saturated rings. The van der Waals surface area contributed by atoms with E-state index in [-0.39, 0.29) is 5.91 Å². The number of hydrogen-bond acceptors (Lipinski definition) is 5. The number of nitrogens with one attached hydrogen (secondary N) is 2. The maximum Gasteiger partial charge on any atom is 0.274 e. The monoisotopic (exact) mass is 300 g/mol. The molecule has 116 valence electrons. The van der Waals surface area contributed by atoms with Gasteiger partial charge in [-0.05, 0) is 31.0 Å². The van der Waals surface area contributed by atoms with Gasteiger partial charge in [0.2, 0.25) is 0 Å². The van der Waals surface area contributed by atoms with Gasteiger partial charge in [-0.15, -0.1) is 0 Å².